The second-order valence-corrected chi connectivity index (χ2v) is 20.7. The normalized spacial score (nSPS) is 11.5. The zero-order valence-corrected chi connectivity index (χ0v) is 48.4. The quantitative estimate of drug-likeness (QED) is 0.0349. The van der Waals surface area contributed by atoms with Crippen molar-refractivity contribution in [3.63, 3.8) is 0 Å². The number of hydrogen-bond acceptors (Lipinski definition) is 17. The number of ether oxygens (including phenoxy) is 5. The number of aromatic nitrogens is 14. The van der Waals surface area contributed by atoms with Crippen molar-refractivity contribution in [1.82, 2.24) is 69.0 Å². The van der Waals surface area contributed by atoms with Crippen LogP contribution in [0.3, 0.4) is 0 Å². The zero-order valence-electron chi connectivity index (χ0n) is 46.9. The maximum atomic E-state index is 16.1. The molecule has 0 unspecified atom stereocenters. The van der Waals surface area contributed by atoms with E-state index in [4.69, 9.17) is 56.9 Å². The lowest BCUT2D eigenvalue weighted by molar-refractivity contribution is 0.0397. The van der Waals surface area contributed by atoms with Crippen molar-refractivity contribution in [2.75, 3.05) is 27.4 Å². The number of halogens is 6. The van der Waals surface area contributed by atoms with E-state index in [0.717, 1.165) is 0 Å². The minimum absolute atomic E-state index is 0.0260. The van der Waals surface area contributed by atoms with Crippen LogP contribution in [0.25, 0.3) is 56.2 Å². The first-order valence-corrected chi connectivity index (χ1v) is 27.9. The summed E-state index contributed by atoms with van der Waals surface area (Å²) in [6.07, 6.45) is 9.20. The minimum atomic E-state index is -0.942. The highest BCUT2D eigenvalue weighted by molar-refractivity contribution is 6.31. The van der Waals surface area contributed by atoms with Gasteiger partial charge in [-0.2, -0.15) is 0 Å². The molecule has 12 aromatic rings. The van der Waals surface area contributed by atoms with Crippen molar-refractivity contribution in [3.8, 4) is 45.9 Å². The Bertz CT molecular complexity index is 4340. The predicted octanol–water partition coefficient (Wildman–Crippen LogP) is 11.0. The molecule has 27 heteroatoms. The van der Waals surface area contributed by atoms with Gasteiger partial charge < -0.3 is 32.8 Å². The number of esters is 2. The van der Waals surface area contributed by atoms with E-state index in [9.17, 15) is 18.4 Å². The lowest BCUT2D eigenvalue weighted by Gasteiger charge is -2.12. The topological polar surface area (TPSA) is 229 Å². The Morgan fingerprint density at radius 2 is 0.955 bits per heavy atom. The zero-order chi connectivity index (χ0) is 61.7. The molecule has 0 N–H and O–H groups in total. The number of carbonyl (C=O) groups is 2. The molecule has 8 aromatic heterocycles. The Morgan fingerprint density at radius 3 is 1.35 bits per heavy atom. The standard InChI is InChI=1S/C62H46Cl2F4N14O7/c1-85-21-19-79-53-25-39(7-11-51(53)73-57(79)27-35-3-5-37(23-47(35)67)49-13-9-45(65)59(75-49)87-33-41-31-69-55(29-43(41)63)81-17-15-71-77-81)61(83)89-62(84)40-8-12-52-54(26-40)80(20-22-86-2)58(74-52)28-36-4-6-38(24-48(36)68)50-14-10-46(66)60(76-50)88-34-42-32-70-56(30-44(42)64)82-18-16-72-78-82/h3-18,23-26,29-32H,19-22,27-28,33-34H2,1-2H3. The highest BCUT2D eigenvalue weighted by atomic mass is 35.5. The third-order valence-corrected chi connectivity index (χ3v) is 14.9. The number of hydrogen-bond donors (Lipinski definition) is 0. The third-order valence-electron chi connectivity index (χ3n) is 14.2. The van der Waals surface area contributed by atoms with Gasteiger partial charge >= 0.3 is 11.9 Å². The van der Waals surface area contributed by atoms with Crippen molar-refractivity contribution in [3.05, 3.63) is 225 Å². The molecule has 0 aliphatic carbocycles. The molecule has 0 aliphatic rings. The van der Waals surface area contributed by atoms with E-state index in [1.54, 1.807) is 70.1 Å². The van der Waals surface area contributed by atoms with Crippen molar-refractivity contribution < 1.29 is 50.8 Å². The van der Waals surface area contributed by atoms with Crippen LogP contribution in [0.5, 0.6) is 11.8 Å². The van der Waals surface area contributed by atoms with Gasteiger partial charge in [-0.3, -0.25) is 0 Å². The van der Waals surface area contributed by atoms with Crippen molar-refractivity contribution >= 4 is 57.2 Å². The van der Waals surface area contributed by atoms with E-state index in [0.29, 0.717) is 77.7 Å². The summed E-state index contributed by atoms with van der Waals surface area (Å²) in [5.41, 5.74) is 4.74. The number of fused-ring (bicyclic) bond motifs is 2. The van der Waals surface area contributed by atoms with Crippen molar-refractivity contribution in [1.29, 1.82) is 0 Å². The van der Waals surface area contributed by atoms with E-state index in [-0.39, 0.29) is 97.8 Å². The van der Waals surface area contributed by atoms with Gasteiger partial charge in [0.1, 0.15) is 36.5 Å². The summed E-state index contributed by atoms with van der Waals surface area (Å²) in [6, 6.07) is 26.6. The number of imidazole rings is 2. The summed E-state index contributed by atoms with van der Waals surface area (Å²) in [5.74, 6) is -3.42. The molecule has 448 valence electrons. The third kappa shape index (κ3) is 12.9. The predicted molar refractivity (Wildman–Crippen MR) is 315 cm³/mol. The molecule has 0 fully saturated rings. The Balaban J connectivity index is 0.715. The Morgan fingerprint density at radius 1 is 0.506 bits per heavy atom. The summed E-state index contributed by atoms with van der Waals surface area (Å²) in [7, 11) is 3.06. The second kappa shape index (κ2) is 25.9. The van der Waals surface area contributed by atoms with Crippen LogP contribution in [-0.2, 0) is 53.4 Å². The van der Waals surface area contributed by atoms with Gasteiger partial charge in [0.2, 0.25) is 0 Å². The molecule has 0 bridgehead atoms. The smallest absolute Gasteiger partial charge is 0.346 e. The number of carbonyl (C=O) groups excluding carboxylic acids is 2. The van der Waals surface area contributed by atoms with Crippen LogP contribution < -0.4 is 9.47 Å². The van der Waals surface area contributed by atoms with Gasteiger partial charge in [0.05, 0.1) is 92.6 Å². The molecular weight excluding hydrogens is 1200 g/mol. The molecule has 12 rings (SSSR count). The van der Waals surface area contributed by atoms with Crippen LogP contribution in [0.2, 0.25) is 10.0 Å². The molecule has 4 aromatic carbocycles. The highest BCUT2D eigenvalue weighted by Crippen LogP contribution is 2.31. The van der Waals surface area contributed by atoms with Gasteiger partial charge in [0, 0.05) is 86.9 Å². The summed E-state index contributed by atoms with van der Waals surface area (Å²) >= 11 is 12.9. The summed E-state index contributed by atoms with van der Waals surface area (Å²) in [5, 5.41) is 15.9. The molecule has 21 nitrogen and oxygen atoms in total. The van der Waals surface area contributed by atoms with Crippen LogP contribution in [-0.4, -0.2) is 108 Å². The Kier molecular flexibility index (Phi) is 17.2. The number of pyridine rings is 4. The van der Waals surface area contributed by atoms with Crippen molar-refractivity contribution in [2.24, 2.45) is 0 Å². The first-order chi connectivity index (χ1) is 43.3. The maximum Gasteiger partial charge on any atom is 0.346 e. The van der Waals surface area contributed by atoms with Gasteiger partial charge in [0.25, 0.3) is 11.8 Å². The molecule has 0 atom stereocenters. The molecular formula is C62H46Cl2F4N14O7. The van der Waals surface area contributed by atoms with Crippen LogP contribution in [0, 0.1) is 23.3 Å². The number of nitrogens with zero attached hydrogens (tertiary/aromatic N) is 14. The molecule has 8 heterocycles. The number of rotatable bonds is 22. The monoisotopic (exact) mass is 1240 g/mol. The summed E-state index contributed by atoms with van der Waals surface area (Å²) < 4.78 is 96.3. The van der Waals surface area contributed by atoms with Gasteiger partial charge in [-0.25, -0.2) is 66.4 Å². The fourth-order valence-electron chi connectivity index (χ4n) is 9.66. The molecule has 0 saturated carbocycles. The lowest BCUT2D eigenvalue weighted by atomic mass is 10.1. The van der Waals surface area contributed by atoms with E-state index >= 15 is 8.78 Å². The molecule has 0 aliphatic heterocycles. The molecule has 0 spiro atoms. The van der Waals surface area contributed by atoms with Gasteiger partial charge in [-0.15, -0.1) is 10.2 Å². The van der Waals surface area contributed by atoms with E-state index in [1.165, 1.54) is 109 Å². The number of methoxy groups -OCH3 is 2. The largest absolute Gasteiger partial charge is 0.471 e. The Labute approximate surface area is 512 Å². The lowest BCUT2D eigenvalue weighted by Crippen LogP contribution is -2.14. The highest BCUT2D eigenvalue weighted by Gasteiger charge is 2.23. The molecule has 0 saturated heterocycles. The first-order valence-electron chi connectivity index (χ1n) is 27.2. The van der Waals surface area contributed by atoms with Gasteiger partial charge in [-0.1, -0.05) is 57.9 Å². The average molecular weight is 1250 g/mol. The van der Waals surface area contributed by atoms with Crippen LogP contribution in [0.15, 0.2) is 146 Å². The SMILES string of the molecule is COCCn1c(Cc2ccc(-c3ccc(F)c(OCc4cnc(-n5ccnn5)cc4Cl)n3)cc2F)nc2ccc(C(=O)OC(=O)c3ccc4nc(Cc5ccc(-c6ccc(F)c(OCc7cnc(-n8ccnn8)cc7Cl)n6)cc5F)n(CCOC)c4c3)cc21. The van der Waals surface area contributed by atoms with Crippen LogP contribution in [0.4, 0.5) is 17.6 Å². The minimum Gasteiger partial charge on any atom is -0.471 e. The van der Waals surface area contributed by atoms with Crippen LogP contribution in [0.1, 0.15) is 54.6 Å². The second-order valence-electron chi connectivity index (χ2n) is 19.9. The fourth-order valence-corrected chi connectivity index (χ4v) is 10.1. The van der Waals surface area contributed by atoms with Gasteiger partial charge in [-0.05, 0) is 83.9 Å². The van der Waals surface area contributed by atoms with Gasteiger partial charge in [0.15, 0.2) is 23.3 Å². The molecule has 0 radical (unpaired) electrons. The Hall–Kier alpha value is -10.3. The summed E-state index contributed by atoms with van der Waals surface area (Å²) in [6.45, 7) is 0.710. The van der Waals surface area contributed by atoms with E-state index in [1.807, 2.05) is 0 Å². The number of benzene rings is 4. The van der Waals surface area contributed by atoms with Crippen LogP contribution >= 0.6 is 23.2 Å². The average Bonchev–Trinajstić information content (AvgIpc) is 2.48. The molecule has 0 amide bonds. The van der Waals surface area contributed by atoms with E-state index in [2.05, 4.69) is 40.6 Å². The fraction of sp³-hybridized carbons (Fsp3) is 0.161. The maximum absolute atomic E-state index is 16.1. The van der Waals surface area contributed by atoms with E-state index < -0.39 is 35.2 Å². The summed E-state index contributed by atoms with van der Waals surface area (Å²) in [4.78, 5) is 54.4. The first kappa shape index (κ1) is 59.0. The molecule has 89 heavy (non-hydrogen) atoms. The van der Waals surface area contributed by atoms with Crippen molar-refractivity contribution in [2.45, 2.75) is 39.1 Å².